The molecule has 0 unspecified atom stereocenters. The highest BCUT2D eigenvalue weighted by Gasteiger charge is 2.38. The Bertz CT molecular complexity index is 444. The lowest BCUT2D eigenvalue weighted by molar-refractivity contribution is 0.472. The number of anilines is 2. The van der Waals surface area contributed by atoms with Crippen LogP contribution in [0.25, 0.3) is 0 Å². The van der Waals surface area contributed by atoms with Gasteiger partial charge in [-0.1, -0.05) is 32.8 Å². The van der Waals surface area contributed by atoms with Gasteiger partial charge in [-0.15, -0.1) is 0 Å². The first-order valence-corrected chi connectivity index (χ1v) is 7.23. The molecule has 2 aliphatic rings. The summed E-state index contributed by atoms with van der Waals surface area (Å²) in [7, 11) is 2.24. The van der Waals surface area contributed by atoms with Crippen LogP contribution in [-0.4, -0.2) is 19.1 Å². The molecule has 2 heteroatoms. The van der Waals surface area contributed by atoms with Gasteiger partial charge in [-0.2, -0.15) is 0 Å². The van der Waals surface area contributed by atoms with Crippen LogP contribution >= 0.6 is 0 Å². The van der Waals surface area contributed by atoms with Crippen LogP contribution < -0.4 is 10.2 Å². The van der Waals surface area contributed by atoms with E-state index in [9.17, 15) is 0 Å². The molecule has 1 aliphatic carbocycles. The molecule has 3 rings (SSSR count). The smallest absolute Gasteiger partial charge is 0.0603 e. The van der Waals surface area contributed by atoms with Crippen LogP contribution in [0.2, 0.25) is 0 Å². The normalized spacial score (nSPS) is 21.2. The van der Waals surface area contributed by atoms with Crippen molar-refractivity contribution in [3.63, 3.8) is 0 Å². The number of likely N-dealkylation sites (N-methyl/N-ethyl adjacent to an activating group) is 1. The first-order chi connectivity index (χ1) is 8.60. The molecule has 0 atom stereocenters. The minimum absolute atomic E-state index is 0.348. The molecule has 98 valence electrons. The van der Waals surface area contributed by atoms with Crippen molar-refractivity contribution < 1.29 is 0 Å². The summed E-state index contributed by atoms with van der Waals surface area (Å²) in [5.74, 6) is 0.603. The lowest BCUT2D eigenvalue weighted by Crippen LogP contribution is -2.49. The van der Waals surface area contributed by atoms with Crippen LogP contribution in [0, 0.1) is 0 Å². The summed E-state index contributed by atoms with van der Waals surface area (Å²) in [4.78, 5) is 2.45. The topological polar surface area (TPSA) is 15.3 Å². The van der Waals surface area contributed by atoms with Crippen molar-refractivity contribution in [3.05, 3.63) is 23.8 Å². The lowest BCUT2D eigenvalue weighted by Gasteiger charge is -2.42. The Labute approximate surface area is 110 Å². The summed E-state index contributed by atoms with van der Waals surface area (Å²) in [6.45, 7) is 5.68. The van der Waals surface area contributed by atoms with E-state index in [1.807, 2.05) is 0 Å². The Morgan fingerprint density at radius 1 is 1.22 bits per heavy atom. The first kappa shape index (κ1) is 11.9. The molecule has 1 aromatic rings. The third kappa shape index (κ3) is 1.88. The zero-order valence-corrected chi connectivity index (χ0v) is 11.8. The Kier molecular flexibility index (Phi) is 2.76. The van der Waals surface area contributed by atoms with Gasteiger partial charge in [-0.05, 0) is 36.5 Å². The minimum Gasteiger partial charge on any atom is -0.376 e. The molecule has 1 aliphatic heterocycles. The van der Waals surface area contributed by atoms with Gasteiger partial charge >= 0.3 is 0 Å². The second-order valence-corrected chi connectivity index (χ2v) is 6.40. The Morgan fingerprint density at radius 2 is 1.94 bits per heavy atom. The largest absolute Gasteiger partial charge is 0.376 e. The highest BCUT2D eigenvalue weighted by atomic mass is 15.2. The Balaban J connectivity index is 1.95. The van der Waals surface area contributed by atoms with Gasteiger partial charge in [0, 0.05) is 13.6 Å². The van der Waals surface area contributed by atoms with E-state index in [-0.39, 0.29) is 0 Å². The van der Waals surface area contributed by atoms with Crippen LogP contribution in [0.15, 0.2) is 18.2 Å². The van der Waals surface area contributed by atoms with E-state index in [0.717, 1.165) is 6.54 Å². The van der Waals surface area contributed by atoms with E-state index in [2.05, 4.69) is 49.3 Å². The van der Waals surface area contributed by atoms with Gasteiger partial charge in [0.15, 0.2) is 0 Å². The van der Waals surface area contributed by atoms with Crippen LogP contribution in [0.1, 0.15) is 51.0 Å². The van der Waals surface area contributed by atoms with E-state index < -0.39 is 0 Å². The molecule has 1 fully saturated rings. The fraction of sp³-hybridized carbons (Fsp3) is 0.625. The molecule has 1 aromatic carbocycles. The standard InChI is InChI=1S/C16H24N2/c1-12(2)13-6-7-14-15(10-13)18(3)11-16(17-14)8-4-5-9-16/h6-7,10,12,17H,4-5,8-9,11H2,1-3H3. The van der Waals surface area contributed by atoms with Crippen molar-refractivity contribution in [2.24, 2.45) is 0 Å². The van der Waals surface area contributed by atoms with Crippen molar-refractivity contribution in [1.82, 2.24) is 0 Å². The first-order valence-electron chi connectivity index (χ1n) is 7.23. The molecular formula is C16H24N2. The van der Waals surface area contributed by atoms with E-state index in [4.69, 9.17) is 0 Å². The number of hydrogen-bond donors (Lipinski definition) is 1. The van der Waals surface area contributed by atoms with Gasteiger partial charge in [0.25, 0.3) is 0 Å². The molecule has 18 heavy (non-hydrogen) atoms. The Morgan fingerprint density at radius 3 is 2.61 bits per heavy atom. The van der Waals surface area contributed by atoms with Crippen molar-refractivity contribution >= 4 is 11.4 Å². The van der Waals surface area contributed by atoms with Crippen LogP contribution in [-0.2, 0) is 0 Å². The predicted molar refractivity (Wildman–Crippen MR) is 78.6 cm³/mol. The summed E-state index contributed by atoms with van der Waals surface area (Å²) >= 11 is 0. The average Bonchev–Trinajstić information content (AvgIpc) is 2.76. The fourth-order valence-corrected chi connectivity index (χ4v) is 3.53. The van der Waals surface area contributed by atoms with Crippen molar-refractivity contribution in [1.29, 1.82) is 0 Å². The third-order valence-electron chi connectivity index (χ3n) is 4.60. The van der Waals surface area contributed by atoms with Gasteiger partial charge in [0.2, 0.25) is 0 Å². The molecular weight excluding hydrogens is 220 g/mol. The number of benzene rings is 1. The molecule has 0 bridgehead atoms. The average molecular weight is 244 g/mol. The number of fused-ring (bicyclic) bond motifs is 1. The van der Waals surface area contributed by atoms with Crippen molar-refractivity contribution in [2.75, 3.05) is 23.8 Å². The van der Waals surface area contributed by atoms with E-state index in [1.54, 1.807) is 0 Å². The van der Waals surface area contributed by atoms with Gasteiger partial charge in [0.05, 0.1) is 16.9 Å². The fourth-order valence-electron chi connectivity index (χ4n) is 3.53. The van der Waals surface area contributed by atoms with Gasteiger partial charge in [-0.3, -0.25) is 0 Å². The summed E-state index contributed by atoms with van der Waals surface area (Å²) in [5.41, 5.74) is 4.49. The number of rotatable bonds is 1. The molecule has 1 heterocycles. The van der Waals surface area contributed by atoms with Crippen molar-refractivity contribution in [2.45, 2.75) is 51.0 Å². The predicted octanol–water partition coefficient (Wildman–Crippen LogP) is 3.98. The highest BCUT2D eigenvalue weighted by molar-refractivity contribution is 5.74. The van der Waals surface area contributed by atoms with E-state index in [1.165, 1.54) is 42.6 Å². The van der Waals surface area contributed by atoms with Crippen LogP contribution in [0.4, 0.5) is 11.4 Å². The van der Waals surface area contributed by atoms with Gasteiger partial charge in [-0.25, -0.2) is 0 Å². The highest BCUT2D eigenvalue weighted by Crippen LogP contribution is 2.42. The second-order valence-electron chi connectivity index (χ2n) is 6.40. The molecule has 1 N–H and O–H groups in total. The number of hydrogen-bond acceptors (Lipinski definition) is 2. The lowest BCUT2D eigenvalue weighted by atomic mass is 9.92. The molecule has 0 amide bonds. The molecule has 2 nitrogen and oxygen atoms in total. The zero-order valence-electron chi connectivity index (χ0n) is 11.8. The van der Waals surface area contributed by atoms with E-state index in [0.29, 0.717) is 11.5 Å². The Hall–Kier alpha value is -1.18. The van der Waals surface area contributed by atoms with Gasteiger partial charge in [0.1, 0.15) is 0 Å². The zero-order chi connectivity index (χ0) is 12.8. The number of nitrogens with zero attached hydrogens (tertiary/aromatic N) is 1. The quantitative estimate of drug-likeness (QED) is 0.803. The maximum absolute atomic E-state index is 3.83. The molecule has 0 saturated heterocycles. The SMILES string of the molecule is CC(C)c1ccc2c(c1)N(C)CC1(CCCC1)N2. The summed E-state index contributed by atoms with van der Waals surface area (Å²) < 4.78 is 0. The molecule has 1 saturated carbocycles. The minimum atomic E-state index is 0.348. The van der Waals surface area contributed by atoms with Crippen LogP contribution in [0.5, 0.6) is 0 Å². The summed E-state index contributed by atoms with van der Waals surface area (Å²) in [6, 6.07) is 6.91. The third-order valence-corrected chi connectivity index (χ3v) is 4.60. The number of nitrogens with one attached hydrogen (secondary N) is 1. The summed E-state index contributed by atoms with van der Waals surface area (Å²) in [5, 5.41) is 3.83. The monoisotopic (exact) mass is 244 g/mol. The maximum atomic E-state index is 3.83. The van der Waals surface area contributed by atoms with Crippen LogP contribution in [0.3, 0.4) is 0 Å². The van der Waals surface area contributed by atoms with Crippen molar-refractivity contribution in [3.8, 4) is 0 Å². The molecule has 0 aromatic heterocycles. The van der Waals surface area contributed by atoms with Gasteiger partial charge < -0.3 is 10.2 Å². The summed E-state index contributed by atoms with van der Waals surface area (Å²) in [6.07, 6.45) is 5.39. The molecule has 0 radical (unpaired) electrons. The second kappa shape index (κ2) is 4.18. The maximum Gasteiger partial charge on any atom is 0.0603 e. The molecule has 1 spiro atoms. The van der Waals surface area contributed by atoms with E-state index >= 15 is 0 Å².